The Kier molecular flexibility index (Phi) is 4.63. The van der Waals surface area contributed by atoms with Crippen molar-refractivity contribution in [3.05, 3.63) is 71.1 Å². The maximum atomic E-state index is 13.8. The van der Waals surface area contributed by atoms with Crippen LogP contribution in [0.5, 0.6) is 5.75 Å². The number of carboxylic acids is 1. The van der Waals surface area contributed by atoms with Crippen LogP contribution in [0.4, 0.5) is 13.2 Å². The SMILES string of the molecule is O=C(O)CN1CCC2(C=C(c3cc(F)c(F)c(F)c3)c3ccccc3O2)CC1. The fraction of sp³-hybridized carbons (Fsp3) is 0.286. The van der Waals surface area contributed by atoms with Crippen molar-refractivity contribution in [2.75, 3.05) is 19.6 Å². The summed E-state index contributed by atoms with van der Waals surface area (Å²) >= 11 is 0. The van der Waals surface area contributed by atoms with Gasteiger partial charge in [-0.05, 0) is 35.4 Å². The van der Waals surface area contributed by atoms with Gasteiger partial charge in [0.15, 0.2) is 17.5 Å². The first-order valence-corrected chi connectivity index (χ1v) is 8.97. The highest BCUT2D eigenvalue weighted by atomic mass is 19.2. The van der Waals surface area contributed by atoms with E-state index in [1.54, 1.807) is 24.3 Å². The third-order valence-corrected chi connectivity index (χ3v) is 5.25. The summed E-state index contributed by atoms with van der Waals surface area (Å²) in [6, 6.07) is 9.14. The minimum absolute atomic E-state index is 0.0440. The van der Waals surface area contributed by atoms with E-state index in [0.717, 1.165) is 12.1 Å². The van der Waals surface area contributed by atoms with Crippen molar-refractivity contribution in [1.82, 2.24) is 4.90 Å². The molecule has 4 nitrogen and oxygen atoms in total. The van der Waals surface area contributed by atoms with Crippen molar-refractivity contribution < 1.29 is 27.8 Å². The largest absolute Gasteiger partial charge is 0.482 e. The molecule has 1 spiro atoms. The molecule has 0 saturated carbocycles. The number of benzene rings is 2. The van der Waals surface area contributed by atoms with Crippen molar-refractivity contribution in [3.8, 4) is 5.75 Å². The van der Waals surface area contributed by atoms with Gasteiger partial charge in [0, 0.05) is 31.5 Å². The average molecular weight is 389 g/mol. The highest BCUT2D eigenvalue weighted by Gasteiger charge is 2.39. The van der Waals surface area contributed by atoms with Crippen molar-refractivity contribution in [2.24, 2.45) is 0 Å². The Morgan fingerprint density at radius 3 is 2.39 bits per heavy atom. The minimum atomic E-state index is -1.50. The molecule has 146 valence electrons. The molecule has 0 aromatic heterocycles. The Hall–Kier alpha value is -2.80. The van der Waals surface area contributed by atoms with Crippen LogP contribution in [-0.2, 0) is 4.79 Å². The molecular weight excluding hydrogens is 371 g/mol. The Morgan fingerprint density at radius 2 is 1.75 bits per heavy atom. The fourth-order valence-electron chi connectivity index (χ4n) is 3.84. The van der Waals surface area contributed by atoms with Crippen LogP contribution >= 0.6 is 0 Å². The average Bonchev–Trinajstić information content (AvgIpc) is 2.67. The molecule has 1 saturated heterocycles. The maximum absolute atomic E-state index is 13.8. The molecule has 2 heterocycles. The summed E-state index contributed by atoms with van der Waals surface area (Å²) < 4.78 is 47.3. The van der Waals surface area contributed by atoms with E-state index < -0.39 is 29.0 Å². The second kappa shape index (κ2) is 6.98. The second-order valence-electron chi connectivity index (χ2n) is 7.14. The zero-order chi connectivity index (χ0) is 19.9. The number of carboxylic acid groups (broad SMARTS) is 1. The van der Waals surface area contributed by atoms with Gasteiger partial charge in [0.25, 0.3) is 0 Å². The molecular formula is C21H18F3NO3. The van der Waals surface area contributed by atoms with Gasteiger partial charge >= 0.3 is 5.97 Å². The third kappa shape index (κ3) is 3.38. The Labute approximate surface area is 159 Å². The monoisotopic (exact) mass is 389 g/mol. The highest BCUT2D eigenvalue weighted by molar-refractivity contribution is 5.85. The second-order valence-corrected chi connectivity index (χ2v) is 7.14. The number of hydrogen-bond donors (Lipinski definition) is 1. The van der Waals surface area contributed by atoms with Crippen molar-refractivity contribution in [3.63, 3.8) is 0 Å². The predicted molar refractivity (Wildman–Crippen MR) is 96.5 cm³/mol. The van der Waals surface area contributed by atoms with Gasteiger partial charge in [0.1, 0.15) is 11.4 Å². The van der Waals surface area contributed by atoms with E-state index in [4.69, 9.17) is 9.84 Å². The number of hydrogen-bond acceptors (Lipinski definition) is 3. The molecule has 1 fully saturated rings. The maximum Gasteiger partial charge on any atom is 0.317 e. The summed E-state index contributed by atoms with van der Waals surface area (Å²) in [5.41, 5.74) is 0.775. The summed E-state index contributed by atoms with van der Waals surface area (Å²) in [4.78, 5) is 12.8. The molecule has 2 aliphatic rings. The highest BCUT2D eigenvalue weighted by Crippen LogP contribution is 2.43. The number of aliphatic carboxylic acids is 1. The molecule has 4 rings (SSSR count). The van der Waals surface area contributed by atoms with Crippen LogP contribution in [0.25, 0.3) is 5.57 Å². The summed E-state index contributed by atoms with van der Waals surface area (Å²) in [5, 5.41) is 8.98. The van der Waals surface area contributed by atoms with Gasteiger partial charge < -0.3 is 9.84 Å². The van der Waals surface area contributed by atoms with Crippen LogP contribution in [0.15, 0.2) is 42.5 Å². The molecule has 0 radical (unpaired) electrons. The van der Waals surface area contributed by atoms with E-state index in [-0.39, 0.29) is 12.1 Å². The number of carbonyl (C=O) groups is 1. The van der Waals surface area contributed by atoms with Crippen molar-refractivity contribution >= 4 is 11.5 Å². The molecule has 2 aromatic rings. The molecule has 0 aliphatic carbocycles. The number of likely N-dealkylation sites (tertiary alicyclic amines) is 1. The van der Waals surface area contributed by atoms with Gasteiger partial charge in [-0.25, -0.2) is 13.2 Å². The number of nitrogens with zero attached hydrogens (tertiary/aromatic N) is 1. The van der Waals surface area contributed by atoms with E-state index in [0.29, 0.717) is 42.8 Å². The number of fused-ring (bicyclic) bond motifs is 1. The van der Waals surface area contributed by atoms with Gasteiger partial charge in [0.05, 0.1) is 6.54 Å². The molecule has 2 aliphatic heterocycles. The zero-order valence-corrected chi connectivity index (χ0v) is 14.9. The Balaban J connectivity index is 1.74. The molecule has 0 atom stereocenters. The first kappa shape index (κ1) is 18.6. The van der Waals surface area contributed by atoms with Crippen LogP contribution in [0.3, 0.4) is 0 Å². The summed E-state index contributed by atoms with van der Waals surface area (Å²) in [5.74, 6) is -4.30. The molecule has 28 heavy (non-hydrogen) atoms. The van der Waals surface area contributed by atoms with Crippen molar-refractivity contribution in [2.45, 2.75) is 18.4 Å². The van der Waals surface area contributed by atoms with E-state index in [1.165, 1.54) is 0 Å². The summed E-state index contributed by atoms with van der Waals surface area (Å²) in [7, 11) is 0. The fourth-order valence-corrected chi connectivity index (χ4v) is 3.84. The quantitative estimate of drug-likeness (QED) is 0.811. The predicted octanol–water partition coefficient (Wildman–Crippen LogP) is 3.85. The number of para-hydroxylation sites is 1. The van der Waals surface area contributed by atoms with E-state index in [9.17, 15) is 18.0 Å². The van der Waals surface area contributed by atoms with Crippen LogP contribution in [0.1, 0.15) is 24.0 Å². The van der Waals surface area contributed by atoms with E-state index in [2.05, 4.69) is 0 Å². The lowest BCUT2D eigenvalue weighted by Gasteiger charge is -2.42. The van der Waals surface area contributed by atoms with E-state index in [1.807, 2.05) is 11.0 Å². The van der Waals surface area contributed by atoms with Crippen LogP contribution in [0, 0.1) is 17.5 Å². The van der Waals surface area contributed by atoms with Crippen molar-refractivity contribution in [1.29, 1.82) is 0 Å². The minimum Gasteiger partial charge on any atom is -0.482 e. The van der Waals surface area contributed by atoms with E-state index >= 15 is 0 Å². The van der Waals surface area contributed by atoms with Gasteiger partial charge in [0.2, 0.25) is 0 Å². The van der Waals surface area contributed by atoms with Crippen LogP contribution in [0.2, 0.25) is 0 Å². The number of rotatable bonds is 3. The molecule has 2 aromatic carbocycles. The Morgan fingerprint density at radius 1 is 1.11 bits per heavy atom. The smallest absolute Gasteiger partial charge is 0.317 e. The molecule has 7 heteroatoms. The first-order valence-electron chi connectivity index (χ1n) is 8.97. The number of halogens is 3. The van der Waals surface area contributed by atoms with Crippen LogP contribution in [-0.4, -0.2) is 41.2 Å². The lowest BCUT2D eigenvalue weighted by atomic mass is 9.83. The molecule has 0 amide bonds. The zero-order valence-electron chi connectivity index (χ0n) is 14.9. The van der Waals surface area contributed by atoms with Gasteiger partial charge in [-0.3, -0.25) is 9.69 Å². The normalized spacial score (nSPS) is 18.3. The third-order valence-electron chi connectivity index (χ3n) is 5.25. The van der Waals surface area contributed by atoms with Crippen LogP contribution < -0.4 is 4.74 Å². The molecule has 0 bridgehead atoms. The number of ether oxygens (including phenoxy) is 1. The van der Waals surface area contributed by atoms with Gasteiger partial charge in [-0.2, -0.15) is 0 Å². The summed E-state index contributed by atoms with van der Waals surface area (Å²) in [6.45, 7) is 0.992. The topological polar surface area (TPSA) is 49.8 Å². The standard InChI is InChI=1S/C21H18F3NO3/c22-16-9-13(10-17(23)20(16)24)15-11-21(28-18-4-2-1-3-14(15)18)5-7-25(8-6-21)12-19(26)27/h1-4,9-11H,5-8,12H2,(H,26,27). The lowest BCUT2D eigenvalue weighted by Crippen LogP contribution is -2.49. The Bertz CT molecular complexity index is 942. The lowest BCUT2D eigenvalue weighted by molar-refractivity contribution is -0.139. The first-order chi connectivity index (χ1) is 13.4. The summed E-state index contributed by atoms with van der Waals surface area (Å²) in [6.07, 6.45) is 2.90. The molecule has 1 N–H and O–H groups in total. The van der Waals surface area contributed by atoms with Gasteiger partial charge in [-0.1, -0.05) is 18.2 Å². The van der Waals surface area contributed by atoms with Gasteiger partial charge in [-0.15, -0.1) is 0 Å². The number of piperidine rings is 1. The molecule has 0 unspecified atom stereocenters.